The molecule has 1 saturated carbocycles. The molecule has 5 rings (SSSR count). The van der Waals surface area contributed by atoms with E-state index in [4.69, 9.17) is 0 Å². The maximum Gasteiger partial charge on any atom is 0.233 e. The van der Waals surface area contributed by atoms with Gasteiger partial charge in [-0.15, -0.1) is 10.2 Å². The monoisotopic (exact) mass is 490 g/mol. The summed E-state index contributed by atoms with van der Waals surface area (Å²) in [5, 5.41) is 9.95. The van der Waals surface area contributed by atoms with E-state index in [0.717, 1.165) is 55.7 Å². The zero-order valence-corrected chi connectivity index (χ0v) is 21.2. The highest BCUT2D eigenvalue weighted by molar-refractivity contribution is 7.99. The van der Waals surface area contributed by atoms with Crippen molar-refractivity contribution in [1.29, 1.82) is 0 Å². The molecule has 2 atom stereocenters. The summed E-state index contributed by atoms with van der Waals surface area (Å²) in [6.45, 7) is 6.64. The summed E-state index contributed by atoms with van der Waals surface area (Å²) < 4.78 is 2.29. The fourth-order valence-corrected chi connectivity index (χ4v) is 6.16. The molecule has 3 aromatic rings. The predicted octanol–water partition coefficient (Wildman–Crippen LogP) is 4.53. The van der Waals surface area contributed by atoms with Gasteiger partial charge in [0.25, 0.3) is 0 Å². The Morgan fingerprint density at radius 1 is 1.00 bits per heavy atom. The second kappa shape index (κ2) is 11.4. The largest absolute Gasteiger partial charge is 0.339 e. The van der Waals surface area contributed by atoms with Gasteiger partial charge in [-0.3, -0.25) is 19.2 Å². The molecule has 2 aliphatic rings. The molecule has 2 aromatic heterocycles. The first-order valence-corrected chi connectivity index (χ1v) is 13.7. The summed E-state index contributed by atoms with van der Waals surface area (Å²) in [6.07, 6.45) is 8.46. The fourth-order valence-electron chi connectivity index (χ4n) is 5.26. The normalized spacial score (nSPS) is 21.2. The highest BCUT2D eigenvalue weighted by Gasteiger charge is 2.29. The zero-order chi connectivity index (χ0) is 24.0. The Hall–Kier alpha value is -2.71. The number of piperazine rings is 1. The molecule has 2 fully saturated rings. The third kappa shape index (κ3) is 5.76. The van der Waals surface area contributed by atoms with Gasteiger partial charge in [0.1, 0.15) is 0 Å². The van der Waals surface area contributed by atoms with Crippen LogP contribution in [-0.2, 0) is 11.3 Å². The van der Waals surface area contributed by atoms with Crippen molar-refractivity contribution >= 4 is 17.7 Å². The zero-order valence-electron chi connectivity index (χ0n) is 20.4. The van der Waals surface area contributed by atoms with Crippen LogP contribution in [0.5, 0.6) is 0 Å². The van der Waals surface area contributed by atoms with Crippen LogP contribution in [0.15, 0.2) is 60.0 Å². The van der Waals surface area contributed by atoms with Crippen LogP contribution in [0.1, 0.15) is 44.2 Å². The number of carbonyl (C=O) groups excluding carboxylic acids is 1. The summed E-state index contributed by atoms with van der Waals surface area (Å²) in [5.74, 6) is 2.00. The van der Waals surface area contributed by atoms with Crippen molar-refractivity contribution in [3.63, 3.8) is 0 Å². The lowest BCUT2D eigenvalue weighted by Crippen LogP contribution is -2.48. The Kier molecular flexibility index (Phi) is 7.79. The topological polar surface area (TPSA) is 67.2 Å². The van der Waals surface area contributed by atoms with E-state index in [1.807, 2.05) is 29.3 Å². The second-order valence-electron chi connectivity index (χ2n) is 9.68. The number of rotatable bonds is 7. The van der Waals surface area contributed by atoms with Gasteiger partial charge in [0.15, 0.2) is 11.0 Å². The van der Waals surface area contributed by atoms with Gasteiger partial charge in [0, 0.05) is 56.7 Å². The van der Waals surface area contributed by atoms with Crippen molar-refractivity contribution in [3.8, 4) is 11.4 Å². The van der Waals surface area contributed by atoms with E-state index in [0.29, 0.717) is 17.7 Å². The fraction of sp³-hybridized carbons (Fsp3) is 0.481. The van der Waals surface area contributed by atoms with Crippen molar-refractivity contribution in [2.75, 3.05) is 31.9 Å². The van der Waals surface area contributed by atoms with Crippen LogP contribution in [0, 0.1) is 5.92 Å². The summed E-state index contributed by atoms with van der Waals surface area (Å²) >= 11 is 1.53. The molecule has 1 aromatic carbocycles. The van der Waals surface area contributed by atoms with Gasteiger partial charge in [-0.1, -0.05) is 61.9 Å². The number of aromatic nitrogens is 4. The Morgan fingerprint density at radius 2 is 1.80 bits per heavy atom. The first-order valence-electron chi connectivity index (χ1n) is 12.7. The standard InChI is InChI=1S/C27H34N6OS/c1-21-8-5-6-12-24(21)33-26(23-11-7-13-28-18-23)29-30-27(33)35-20-25(34)32-16-14-31(15-17-32)19-22-9-3-2-4-10-22/h2-4,7,9-11,13,18,21,24H,5-6,8,12,14-17,19-20H2,1H3. The van der Waals surface area contributed by atoms with Crippen molar-refractivity contribution in [3.05, 3.63) is 60.4 Å². The molecule has 184 valence electrons. The minimum Gasteiger partial charge on any atom is -0.339 e. The number of thioether (sulfide) groups is 1. The Morgan fingerprint density at radius 3 is 2.54 bits per heavy atom. The van der Waals surface area contributed by atoms with Crippen LogP contribution >= 0.6 is 11.8 Å². The van der Waals surface area contributed by atoms with Crippen LogP contribution in [0.2, 0.25) is 0 Å². The molecule has 0 N–H and O–H groups in total. The number of nitrogens with zero attached hydrogens (tertiary/aromatic N) is 6. The van der Waals surface area contributed by atoms with E-state index >= 15 is 0 Å². The first-order chi connectivity index (χ1) is 17.2. The minimum atomic E-state index is 0.184. The summed E-state index contributed by atoms with van der Waals surface area (Å²) in [7, 11) is 0. The minimum absolute atomic E-state index is 0.184. The van der Waals surface area contributed by atoms with Crippen molar-refractivity contribution in [2.24, 2.45) is 5.92 Å². The van der Waals surface area contributed by atoms with E-state index in [9.17, 15) is 4.79 Å². The van der Waals surface area contributed by atoms with Gasteiger partial charge in [-0.25, -0.2) is 0 Å². The molecule has 1 amide bonds. The molecule has 0 spiro atoms. The van der Waals surface area contributed by atoms with E-state index < -0.39 is 0 Å². The molecule has 2 unspecified atom stereocenters. The Labute approximate surface area is 211 Å². The summed E-state index contributed by atoms with van der Waals surface area (Å²) in [5.41, 5.74) is 2.30. The maximum absolute atomic E-state index is 13.1. The van der Waals surface area contributed by atoms with Crippen molar-refractivity contribution in [1.82, 2.24) is 29.5 Å². The molecule has 0 bridgehead atoms. The highest BCUT2D eigenvalue weighted by Crippen LogP contribution is 2.38. The first kappa shape index (κ1) is 24.0. The molecule has 35 heavy (non-hydrogen) atoms. The lowest BCUT2D eigenvalue weighted by atomic mass is 9.85. The third-order valence-corrected chi connectivity index (χ3v) is 8.21. The summed E-state index contributed by atoms with van der Waals surface area (Å²) in [4.78, 5) is 21.8. The van der Waals surface area contributed by atoms with E-state index in [-0.39, 0.29) is 5.91 Å². The van der Waals surface area contributed by atoms with Crippen molar-refractivity contribution in [2.45, 2.75) is 50.4 Å². The molecular formula is C27H34N6OS. The molecule has 1 aliphatic heterocycles. The number of amides is 1. The Bertz CT molecular complexity index is 1100. The summed E-state index contributed by atoms with van der Waals surface area (Å²) in [6, 6.07) is 14.9. The van der Waals surface area contributed by atoms with Crippen LogP contribution in [0.3, 0.4) is 0 Å². The average molecular weight is 491 g/mol. The molecule has 0 radical (unpaired) electrons. The van der Waals surface area contributed by atoms with Crippen LogP contribution in [-0.4, -0.2) is 67.4 Å². The number of benzene rings is 1. The van der Waals surface area contributed by atoms with E-state index in [2.05, 4.69) is 55.8 Å². The lowest BCUT2D eigenvalue weighted by Gasteiger charge is -2.35. The van der Waals surface area contributed by atoms with Gasteiger partial charge in [-0.2, -0.15) is 0 Å². The molecule has 7 nitrogen and oxygen atoms in total. The van der Waals surface area contributed by atoms with Crippen LogP contribution < -0.4 is 0 Å². The Balaban J connectivity index is 1.23. The van der Waals surface area contributed by atoms with E-state index in [1.165, 1.54) is 36.6 Å². The van der Waals surface area contributed by atoms with Gasteiger partial charge in [0.2, 0.25) is 5.91 Å². The molecule has 3 heterocycles. The lowest BCUT2D eigenvalue weighted by molar-refractivity contribution is -0.130. The maximum atomic E-state index is 13.1. The highest BCUT2D eigenvalue weighted by atomic mass is 32.2. The number of hydrogen-bond acceptors (Lipinski definition) is 6. The molecule has 1 aliphatic carbocycles. The van der Waals surface area contributed by atoms with Crippen molar-refractivity contribution < 1.29 is 4.79 Å². The van der Waals surface area contributed by atoms with Gasteiger partial charge < -0.3 is 4.90 Å². The molecule has 8 heteroatoms. The van der Waals surface area contributed by atoms with Gasteiger partial charge >= 0.3 is 0 Å². The smallest absolute Gasteiger partial charge is 0.233 e. The number of hydrogen-bond donors (Lipinski definition) is 0. The van der Waals surface area contributed by atoms with Gasteiger partial charge in [-0.05, 0) is 36.5 Å². The molecular weight excluding hydrogens is 456 g/mol. The SMILES string of the molecule is CC1CCCCC1n1c(SCC(=O)N2CCN(Cc3ccccc3)CC2)nnc1-c1cccnc1. The second-order valence-corrected chi connectivity index (χ2v) is 10.6. The third-order valence-electron chi connectivity index (χ3n) is 7.28. The van der Waals surface area contributed by atoms with Gasteiger partial charge in [0.05, 0.1) is 5.75 Å². The number of pyridine rings is 1. The number of carbonyl (C=O) groups is 1. The van der Waals surface area contributed by atoms with Crippen LogP contribution in [0.4, 0.5) is 0 Å². The predicted molar refractivity (Wildman–Crippen MR) is 139 cm³/mol. The van der Waals surface area contributed by atoms with E-state index in [1.54, 1.807) is 6.20 Å². The average Bonchev–Trinajstić information content (AvgIpc) is 3.33. The quantitative estimate of drug-likeness (QED) is 0.454. The van der Waals surface area contributed by atoms with Crippen LogP contribution in [0.25, 0.3) is 11.4 Å². The molecule has 1 saturated heterocycles.